The molecular weight excluding hydrogens is 311 g/mol. The fourth-order valence-electron chi connectivity index (χ4n) is 3.27. The van der Waals surface area contributed by atoms with Crippen molar-refractivity contribution in [3.05, 3.63) is 27.7 Å². The van der Waals surface area contributed by atoms with Crippen LogP contribution < -0.4 is 0 Å². The molecule has 0 spiro atoms. The molecule has 2 saturated heterocycles. The van der Waals surface area contributed by atoms with Crippen LogP contribution in [-0.2, 0) is 0 Å². The summed E-state index contributed by atoms with van der Waals surface area (Å²) in [5, 5.41) is 10.4. The molecule has 2 aliphatic rings. The second kappa shape index (κ2) is 6.03. The fraction of sp³-hybridized carbons (Fsp3) is 0.533. The highest BCUT2D eigenvalue weighted by atomic mass is 35.5. The van der Waals surface area contributed by atoms with Crippen molar-refractivity contribution < 1.29 is 9.90 Å². The summed E-state index contributed by atoms with van der Waals surface area (Å²) in [6, 6.07) is 3.54. The van der Waals surface area contributed by atoms with E-state index < -0.39 is 0 Å². The third-order valence-corrected chi connectivity index (χ3v) is 5.18. The van der Waals surface area contributed by atoms with E-state index in [0.29, 0.717) is 12.6 Å². The van der Waals surface area contributed by atoms with Gasteiger partial charge < -0.3 is 10.0 Å². The highest BCUT2D eigenvalue weighted by molar-refractivity contribution is 6.43. The number of benzene rings is 1. The Kier molecular flexibility index (Phi) is 4.29. The van der Waals surface area contributed by atoms with Crippen LogP contribution in [0.15, 0.2) is 12.1 Å². The van der Waals surface area contributed by atoms with Crippen molar-refractivity contribution in [2.75, 3.05) is 26.2 Å². The molecule has 2 fully saturated rings. The van der Waals surface area contributed by atoms with Crippen molar-refractivity contribution in [1.29, 1.82) is 0 Å². The van der Waals surface area contributed by atoms with Gasteiger partial charge in [0.2, 0.25) is 0 Å². The Bertz CT molecular complexity index is 565. The van der Waals surface area contributed by atoms with Crippen LogP contribution in [0.3, 0.4) is 0 Å². The molecule has 1 N–H and O–H groups in total. The SMILES string of the molecule is O=C(c1ccc(Cl)c(Cl)c1O)N1CCCN2CCC[C@@H]2C1. The lowest BCUT2D eigenvalue weighted by Gasteiger charge is -2.26. The first-order chi connectivity index (χ1) is 10.1. The van der Waals surface area contributed by atoms with Gasteiger partial charge in [0.25, 0.3) is 5.91 Å². The second-order valence-electron chi connectivity index (χ2n) is 5.69. The smallest absolute Gasteiger partial charge is 0.257 e. The number of nitrogens with zero attached hydrogens (tertiary/aromatic N) is 2. The zero-order valence-corrected chi connectivity index (χ0v) is 13.2. The molecule has 21 heavy (non-hydrogen) atoms. The topological polar surface area (TPSA) is 43.8 Å². The minimum absolute atomic E-state index is 0.0415. The Morgan fingerprint density at radius 2 is 1.95 bits per heavy atom. The van der Waals surface area contributed by atoms with Crippen LogP contribution in [0.5, 0.6) is 5.75 Å². The zero-order chi connectivity index (χ0) is 15.0. The average molecular weight is 329 g/mol. The summed E-state index contributed by atoms with van der Waals surface area (Å²) in [6.45, 7) is 3.61. The van der Waals surface area contributed by atoms with Crippen molar-refractivity contribution in [3.63, 3.8) is 0 Å². The van der Waals surface area contributed by atoms with Gasteiger partial charge in [-0.15, -0.1) is 0 Å². The van der Waals surface area contributed by atoms with E-state index in [-0.39, 0.29) is 27.3 Å². The fourth-order valence-corrected chi connectivity index (χ4v) is 3.59. The van der Waals surface area contributed by atoms with E-state index in [1.807, 2.05) is 4.90 Å². The molecule has 0 radical (unpaired) electrons. The van der Waals surface area contributed by atoms with Crippen LogP contribution in [0.2, 0.25) is 10.0 Å². The lowest BCUT2D eigenvalue weighted by molar-refractivity contribution is 0.0740. The van der Waals surface area contributed by atoms with E-state index in [1.54, 1.807) is 12.1 Å². The number of fused-ring (bicyclic) bond motifs is 1. The molecule has 0 bridgehead atoms. The van der Waals surface area contributed by atoms with Gasteiger partial charge in [-0.25, -0.2) is 0 Å². The van der Waals surface area contributed by atoms with Crippen LogP contribution >= 0.6 is 23.2 Å². The van der Waals surface area contributed by atoms with E-state index in [9.17, 15) is 9.90 Å². The molecule has 6 heteroatoms. The molecule has 1 amide bonds. The molecule has 0 unspecified atom stereocenters. The van der Waals surface area contributed by atoms with Crippen molar-refractivity contribution in [2.45, 2.75) is 25.3 Å². The van der Waals surface area contributed by atoms with Crippen LogP contribution in [0, 0.1) is 0 Å². The van der Waals surface area contributed by atoms with Gasteiger partial charge >= 0.3 is 0 Å². The van der Waals surface area contributed by atoms with Gasteiger partial charge in [0.1, 0.15) is 10.8 Å². The summed E-state index contributed by atoms with van der Waals surface area (Å²) in [5.41, 5.74) is 0.232. The lowest BCUT2D eigenvalue weighted by Crippen LogP contribution is -2.39. The molecule has 114 valence electrons. The third-order valence-electron chi connectivity index (χ3n) is 4.39. The van der Waals surface area contributed by atoms with Crippen LogP contribution in [0.4, 0.5) is 0 Å². The molecule has 0 aromatic heterocycles. The van der Waals surface area contributed by atoms with Gasteiger partial charge in [-0.05, 0) is 37.9 Å². The number of carbonyl (C=O) groups is 1. The molecule has 1 aromatic rings. The monoisotopic (exact) mass is 328 g/mol. The largest absolute Gasteiger partial charge is 0.505 e. The van der Waals surface area contributed by atoms with E-state index in [0.717, 1.165) is 32.5 Å². The molecule has 4 nitrogen and oxygen atoms in total. The maximum atomic E-state index is 12.7. The van der Waals surface area contributed by atoms with Crippen molar-refractivity contribution in [2.24, 2.45) is 0 Å². The van der Waals surface area contributed by atoms with Crippen molar-refractivity contribution in [3.8, 4) is 5.75 Å². The first-order valence-corrected chi connectivity index (χ1v) is 8.04. The summed E-state index contributed by atoms with van der Waals surface area (Å²) in [7, 11) is 0. The maximum absolute atomic E-state index is 12.7. The number of rotatable bonds is 1. The minimum atomic E-state index is -0.221. The van der Waals surface area contributed by atoms with Gasteiger partial charge in [-0.3, -0.25) is 9.69 Å². The first kappa shape index (κ1) is 14.9. The predicted octanol–water partition coefficient (Wildman–Crippen LogP) is 3.01. The number of phenolic OH excluding ortho intramolecular Hbond substituents is 1. The molecule has 0 aliphatic carbocycles. The van der Waals surface area contributed by atoms with Crippen molar-refractivity contribution >= 4 is 29.1 Å². The summed E-state index contributed by atoms with van der Waals surface area (Å²) in [4.78, 5) is 17.0. The molecule has 2 heterocycles. The van der Waals surface area contributed by atoms with Gasteiger partial charge in [0.05, 0.1) is 10.6 Å². The van der Waals surface area contributed by atoms with Gasteiger partial charge in [0, 0.05) is 25.7 Å². The Hall–Kier alpha value is -0.970. The molecule has 1 atom stereocenters. The van der Waals surface area contributed by atoms with Gasteiger partial charge in [-0.2, -0.15) is 0 Å². The summed E-state index contributed by atoms with van der Waals surface area (Å²) >= 11 is 11.8. The standard InChI is InChI=1S/C15H18Cl2N2O2/c16-12-5-4-11(14(20)13(12)17)15(21)19-8-2-7-18-6-1-3-10(18)9-19/h4-5,10,20H,1-3,6-9H2/t10-/m1/s1. The number of hydrogen-bond acceptors (Lipinski definition) is 3. The van der Waals surface area contributed by atoms with E-state index >= 15 is 0 Å². The first-order valence-electron chi connectivity index (χ1n) is 7.28. The van der Waals surface area contributed by atoms with E-state index in [1.165, 1.54) is 6.42 Å². The molecule has 1 aromatic carbocycles. The van der Waals surface area contributed by atoms with E-state index in [2.05, 4.69) is 4.90 Å². The normalized spacial score (nSPS) is 23.0. The number of amides is 1. The molecule has 0 saturated carbocycles. The lowest BCUT2D eigenvalue weighted by atomic mass is 10.1. The van der Waals surface area contributed by atoms with Gasteiger partial charge in [0.15, 0.2) is 0 Å². The number of hydrogen-bond donors (Lipinski definition) is 1. The van der Waals surface area contributed by atoms with E-state index in [4.69, 9.17) is 23.2 Å². The summed E-state index contributed by atoms with van der Waals surface area (Å²) in [5.74, 6) is -0.387. The quantitative estimate of drug-likeness (QED) is 0.861. The maximum Gasteiger partial charge on any atom is 0.257 e. The second-order valence-corrected chi connectivity index (χ2v) is 6.48. The average Bonchev–Trinajstić information content (AvgIpc) is 2.81. The molecule has 2 aliphatic heterocycles. The Balaban J connectivity index is 1.83. The molecular formula is C15H18Cl2N2O2. The van der Waals surface area contributed by atoms with Crippen molar-refractivity contribution in [1.82, 2.24) is 9.80 Å². The zero-order valence-electron chi connectivity index (χ0n) is 11.7. The van der Waals surface area contributed by atoms with Gasteiger partial charge in [-0.1, -0.05) is 23.2 Å². The minimum Gasteiger partial charge on any atom is -0.505 e. The number of halogens is 2. The number of phenols is 1. The highest BCUT2D eigenvalue weighted by Gasteiger charge is 2.31. The number of aromatic hydroxyl groups is 1. The Morgan fingerprint density at radius 3 is 2.76 bits per heavy atom. The third kappa shape index (κ3) is 2.85. The van der Waals surface area contributed by atoms with Crippen LogP contribution in [-0.4, -0.2) is 53.0 Å². The van der Waals surface area contributed by atoms with Crippen LogP contribution in [0.1, 0.15) is 29.6 Å². The predicted molar refractivity (Wildman–Crippen MR) is 83.2 cm³/mol. The Morgan fingerprint density at radius 1 is 1.19 bits per heavy atom. The number of carbonyl (C=O) groups excluding carboxylic acids is 1. The summed E-state index contributed by atoms with van der Waals surface area (Å²) in [6.07, 6.45) is 3.30. The Labute approximate surface area is 134 Å². The molecule has 3 rings (SSSR count). The van der Waals surface area contributed by atoms with Crippen LogP contribution in [0.25, 0.3) is 0 Å². The summed E-state index contributed by atoms with van der Waals surface area (Å²) < 4.78 is 0. The highest BCUT2D eigenvalue weighted by Crippen LogP contribution is 2.35.